The van der Waals surface area contributed by atoms with Gasteiger partial charge >= 0.3 is 37.1 Å². The van der Waals surface area contributed by atoms with Crippen molar-refractivity contribution in [2.45, 2.75) is 91.9 Å². The number of hydrogen-bond acceptors (Lipinski definition) is 19. The molecule has 0 atom stereocenters. The maximum atomic E-state index is 12.8. The normalized spacial score (nSPS) is 11.4. The summed E-state index contributed by atoms with van der Waals surface area (Å²) >= 11 is 31.2. The van der Waals surface area contributed by atoms with Gasteiger partial charge in [0, 0.05) is 62.5 Å². The van der Waals surface area contributed by atoms with E-state index >= 15 is 0 Å². The largest absolute Gasteiger partial charge is 0.495 e. The van der Waals surface area contributed by atoms with Crippen LogP contribution in [0, 0.1) is 34.6 Å². The molecule has 0 unspecified atom stereocenters. The minimum Gasteiger partial charge on any atom is -0.495 e. The number of aromatic nitrogens is 10. The zero-order chi connectivity index (χ0) is 110. The van der Waals surface area contributed by atoms with Gasteiger partial charge in [0.2, 0.25) is 0 Å². The fourth-order valence-corrected chi connectivity index (χ4v) is 14.6. The van der Waals surface area contributed by atoms with Gasteiger partial charge < -0.3 is 45.5 Å². The summed E-state index contributed by atoms with van der Waals surface area (Å²) < 4.78 is 248. The summed E-state index contributed by atoms with van der Waals surface area (Å²) in [6.45, 7) is 9.62. The molecule has 24 nitrogen and oxygen atoms in total. The van der Waals surface area contributed by atoms with Gasteiger partial charge in [-0.25, -0.2) is 24.9 Å². The van der Waals surface area contributed by atoms with Crippen molar-refractivity contribution in [3.05, 3.63) is 359 Å². The number of aryl methyl sites for hydroxylation is 6. The molecular formula is C103H78Cl5F18N15O9. The molecular weight excluding hydrogens is 2110 g/mol. The fraction of sp³-hybridized carbons (Fsp3) is 0.175. The van der Waals surface area contributed by atoms with Crippen LogP contribution in [0.1, 0.15) is 128 Å². The third kappa shape index (κ3) is 31.5. The van der Waals surface area contributed by atoms with Crippen molar-refractivity contribution in [3.63, 3.8) is 0 Å². The van der Waals surface area contributed by atoms with Crippen molar-refractivity contribution in [2.75, 3.05) is 54.0 Å². The number of amides is 5. The number of methoxy groups -OCH3 is 2. The molecule has 5 aromatic carbocycles. The van der Waals surface area contributed by atoms with E-state index < -0.39 is 102 Å². The molecule has 0 aliphatic rings. The molecule has 0 fully saturated rings. The third-order valence-corrected chi connectivity index (χ3v) is 22.6. The van der Waals surface area contributed by atoms with Gasteiger partial charge in [-0.15, -0.1) is 0 Å². The Hall–Kier alpha value is -15.7. The number of ether oxygens (including phenoxy) is 4. The zero-order valence-electron chi connectivity index (χ0n) is 79.1. The van der Waals surface area contributed by atoms with Crippen LogP contribution in [0.25, 0.3) is 56.3 Å². The molecule has 47 heteroatoms. The molecule has 0 bridgehead atoms. The summed E-state index contributed by atoms with van der Waals surface area (Å²) in [5.74, 6) is -1.31. The fourth-order valence-electron chi connectivity index (χ4n) is 13.5. The van der Waals surface area contributed by atoms with Crippen LogP contribution in [0.5, 0.6) is 23.0 Å². The van der Waals surface area contributed by atoms with Gasteiger partial charge in [-0.05, 0) is 266 Å². The molecule has 0 spiro atoms. The van der Waals surface area contributed by atoms with Crippen LogP contribution in [0.4, 0.5) is 107 Å². The predicted molar refractivity (Wildman–Crippen MR) is 528 cm³/mol. The number of carbonyl (C=O) groups is 5. The van der Waals surface area contributed by atoms with Crippen LogP contribution in [-0.4, -0.2) is 113 Å². The molecule has 10 heterocycles. The first kappa shape index (κ1) is 115. The highest BCUT2D eigenvalue weighted by atomic mass is 35.5. The lowest BCUT2D eigenvalue weighted by atomic mass is 10.1. The number of carbonyl (C=O) groups excluding carboxylic acids is 5. The van der Waals surface area contributed by atoms with Crippen molar-refractivity contribution in [3.8, 4) is 79.3 Å². The molecule has 5 amide bonds. The summed E-state index contributed by atoms with van der Waals surface area (Å²) in [7, 11) is 3.05. The Kier molecular flexibility index (Phi) is 37.8. The van der Waals surface area contributed by atoms with E-state index in [0.29, 0.717) is 129 Å². The number of anilines is 5. The Bertz CT molecular complexity index is 7260. The monoisotopic (exact) mass is 2190 g/mol. The number of nitrogens with one attached hydrogen (secondary N) is 5. The van der Waals surface area contributed by atoms with Gasteiger partial charge in [0.1, 0.15) is 51.5 Å². The van der Waals surface area contributed by atoms with Crippen LogP contribution < -0.4 is 45.5 Å². The first-order valence-corrected chi connectivity index (χ1v) is 45.5. The number of alkyl halides is 18. The van der Waals surface area contributed by atoms with Crippen molar-refractivity contribution in [1.82, 2.24) is 49.8 Å². The SMILES string of the molecule is CCOc1ccc(-c2cc(NC(=O)c3ccc(C(F)(F)F)nc3C)ccc2Cl)nc1.CCc1ccnc(-c2cc(NC(=O)c3ccc(C(F)(F)F)nc3C)ccc2Cl)c1.COc1ccc(-c2cc(NC(=O)c3ccc(C(F)(F)F)nc3C)ccc2Cl)nc1.COc1ccc(-c2cc(NC(=O)c3ccc(C(F)(F)F)nc3C)ccc2Cl)nc1.Cc1nc(C(F)(F)F)ccc1C(=O)Nc1ccc(Cl)c(-c2ccc(OCC(F)(F)F)cn2)c1. The Labute approximate surface area is 866 Å². The second-order valence-corrected chi connectivity index (χ2v) is 33.6. The zero-order valence-corrected chi connectivity index (χ0v) is 82.8. The maximum Gasteiger partial charge on any atom is 0.433 e. The topological polar surface area (TPSA) is 311 Å². The van der Waals surface area contributed by atoms with E-state index in [2.05, 4.69) is 81.2 Å². The van der Waals surface area contributed by atoms with Gasteiger partial charge in [0.25, 0.3) is 29.5 Å². The minimum absolute atomic E-state index is 0.0103. The highest BCUT2D eigenvalue weighted by molar-refractivity contribution is 6.35. The lowest BCUT2D eigenvalue weighted by Gasteiger charge is -2.12. The Morgan fingerprint density at radius 1 is 0.280 bits per heavy atom. The Balaban J connectivity index is 0.000000178. The van der Waals surface area contributed by atoms with E-state index in [1.54, 1.807) is 122 Å². The number of nitrogens with zero attached hydrogens (tertiary/aromatic N) is 10. The van der Waals surface area contributed by atoms with Crippen LogP contribution >= 0.6 is 58.0 Å². The van der Waals surface area contributed by atoms with E-state index in [-0.39, 0.29) is 72.7 Å². The smallest absolute Gasteiger partial charge is 0.433 e. The van der Waals surface area contributed by atoms with E-state index in [4.69, 9.17) is 72.2 Å². The average Bonchev–Trinajstić information content (AvgIpc) is 0.809. The minimum atomic E-state index is -4.63. The van der Waals surface area contributed by atoms with Gasteiger partial charge in [-0.3, -0.25) is 48.9 Å². The highest BCUT2D eigenvalue weighted by Crippen LogP contribution is 2.41. The Morgan fingerprint density at radius 3 is 0.713 bits per heavy atom. The predicted octanol–water partition coefficient (Wildman–Crippen LogP) is 28.8. The van der Waals surface area contributed by atoms with Crippen molar-refractivity contribution in [1.29, 1.82) is 0 Å². The second-order valence-electron chi connectivity index (χ2n) is 31.5. The number of halogens is 23. The summed E-state index contributed by atoms with van der Waals surface area (Å²) in [5, 5.41) is 15.2. The first-order valence-electron chi connectivity index (χ1n) is 43.6. The number of rotatable bonds is 22. The van der Waals surface area contributed by atoms with Crippen LogP contribution in [0.3, 0.4) is 0 Å². The Morgan fingerprint density at radius 2 is 0.513 bits per heavy atom. The van der Waals surface area contributed by atoms with Crippen molar-refractivity contribution < 1.29 is 122 Å². The first-order chi connectivity index (χ1) is 70.6. The summed E-state index contributed by atoms with van der Waals surface area (Å²) in [6, 6.07) is 49.9. The molecule has 0 aliphatic carbocycles. The average molecular weight is 2190 g/mol. The standard InChI is InChI=1S/C21H14ClF6N3O2.C21H17ClF3N3O2.C21H17ClF3N3O.2C20H15ClF3N3O2/c1-11-14(4-7-18(30-11)21(26,27)28)19(32)31-12-2-5-16(22)15(8-12)17-6-3-13(9-29-17)33-10-20(23,24)25;1-3-30-14-5-8-18(26-11-14)16-10-13(4-7-17(16)22)28-20(29)15-6-9-19(21(23,24)25)27-12(15)2;1-3-13-8-9-26-18(10-13)16-11-14(4-6-17(16)22)28-20(29)15-5-7-19(21(23,24)25)27-12(15)2;2*1-11-14(5-8-18(26-11)20(22,23)24)19(28)27-12-3-6-16(21)15(9-12)17-7-4-13(29-2)10-25-17/h2-9H,10H2,1H3,(H,31,32);4-11H,3H2,1-2H3,(H,28,29);4-11H,3H2,1-2H3,(H,28,29);2*3-10H,1-2H3,(H,27,28). The molecule has 15 rings (SSSR count). The van der Waals surface area contributed by atoms with E-state index in [9.17, 15) is 103 Å². The molecule has 150 heavy (non-hydrogen) atoms. The third-order valence-electron chi connectivity index (χ3n) is 21.0. The maximum absolute atomic E-state index is 12.8. The lowest BCUT2D eigenvalue weighted by Crippen LogP contribution is -2.19. The van der Waals surface area contributed by atoms with Gasteiger partial charge in [0.05, 0.1) is 155 Å². The highest BCUT2D eigenvalue weighted by Gasteiger charge is 2.38. The summed E-state index contributed by atoms with van der Waals surface area (Å²) in [5.41, 5.74) is 3.07. The molecule has 0 saturated carbocycles. The number of pyridine rings is 10. The van der Waals surface area contributed by atoms with Crippen LogP contribution in [0.2, 0.25) is 25.1 Å². The van der Waals surface area contributed by atoms with E-state index in [0.717, 1.165) is 72.8 Å². The molecule has 780 valence electrons. The van der Waals surface area contributed by atoms with Crippen LogP contribution in [-0.2, 0) is 37.3 Å². The quantitative estimate of drug-likeness (QED) is 0.0394. The van der Waals surface area contributed by atoms with Gasteiger partial charge in [-0.2, -0.15) is 79.0 Å². The molecule has 0 aliphatic heterocycles. The summed E-state index contributed by atoms with van der Waals surface area (Å²) in [6.07, 6.45) is -19.1. The number of hydrogen-bond donors (Lipinski definition) is 5. The van der Waals surface area contributed by atoms with Crippen molar-refractivity contribution >= 4 is 116 Å². The lowest BCUT2D eigenvalue weighted by molar-refractivity contribution is -0.153. The van der Waals surface area contributed by atoms with E-state index in [1.807, 2.05) is 26.0 Å². The molecule has 15 aromatic rings. The summed E-state index contributed by atoms with van der Waals surface area (Å²) in [4.78, 5) is 101. The van der Waals surface area contributed by atoms with E-state index in [1.165, 1.54) is 91.6 Å². The van der Waals surface area contributed by atoms with Gasteiger partial charge in [0.15, 0.2) is 6.61 Å². The van der Waals surface area contributed by atoms with Crippen LogP contribution in [0.15, 0.2) is 243 Å². The second kappa shape index (κ2) is 49.4. The van der Waals surface area contributed by atoms with Crippen molar-refractivity contribution in [2.24, 2.45) is 0 Å². The molecule has 10 aromatic heterocycles. The number of benzene rings is 5. The molecule has 5 N–H and O–H groups in total. The molecule has 0 saturated heterocycles. The van der Waals surface area contributed by atoms with Gasteiger partial charge in [-0.1, -0.05) is 64.9 Å². The molecule has 0 radical (unpaired) electrons.